The van der Waals surface area contributed by atoms with Crippen LogP contribution in [0.15, 0.2) is 53.1 Å². The number of aromatic nitrogens is 5. The molecule has 5 rings (SSSR count). The molecule has 0 radical (unpaired) electrons. The minimum Gasteiger partial charge on any atom is -0.464 e. The van der Waals surface area contributed by atoms with E-state index < -0.39 is 0 Å². The van der Waals surface area contributed by atoms with E-state index in [0.29, 0.717) is 18.4 Å². The van der Waals surface area contributed by atoms with Gasteiger partial charge in [0.2, 0.25) is 0 Å². The van der Waals surface area contributed by atoms with Gasteiger partial charge in [-0.2, -0.15) is 9.97 Å². The Morgan fingerprint density at radius 1 is 0.941 bits per heavy atom. The topological polar surface area (TPSA) is 81.8 Å². The zero-order valence-electron chi connectivity index (χ0n) is 19.5. The van der Waals surface area contributed by atoms with Crippen molar-refractivity contribution >= 4 is 23.4 Å². The van der Waals surface area contributed by atoms with Gasteiger partial charge in [0.25, 0.3) is 0 Å². The van der Waals surface area contributed by atoms with Gasteiger partial charge >= 0.3 is 10.8 Å². The van der Waals surface area contributed by atoms with E-state index in [1.165, 1.54) is 0 Å². The van der Waals surface area contributed by atoms with Crippen LogP contribution in [0.4, 0.5) is 0 Å². The van der Waals surface area contributed by atoms with Crippen molar-refractivity contribution in [1.82, 2.24) is 24.7 Å². The summed E-state index contributed by atoms with van der Waals surface area (Å²) < 4.78 is 13.2. The number of ether oxygens (including phenoxy) is 1. The quantitative estimate of drug-likeness (QED) is 0.284. The normalized spacial score (nSPS) is 11.3. The lowest BCUT2D eigenvalue weighted by Crippen LogP contribution is -2.04. The van der Waals surface area contributed by atoms with Crippen molar-refractivity contribution in [2.24, 2.45) is 0 Å². The van der Waals surface area contributed by atoms with Crippen LogP contribution in [-0.2, 0) is 0 Å². The number of pyridine rings is 1. The van der Waals surface area contributed by atoms with Crippen molar-refractivity contribution in [1.29, 1.82) is 0 Å². The molecule has 3 aromatic heterocycles. The van der Waals surface area contributed by atoms with Gasteiger partial charge in [-0.3, -0.25) is 0 Å². The first kappa shape index (κ1) is 22.0. The molecular formula is C26H25N5O2S. The van der Waals surface area contributed by atoms with Crippen LogP contribution in [0.1, 0.15) is 30.2 Å². The first-order valence-electron chi connectivity index (χ1n) is 11.2. The molecule has 5 aromatic rings. The minimum atomic E-state index is 0.181. The van der Waals surface area contributed by atoms with Crippen LogP contribution in [0.2, 0.25) is 0 Å². The fourth-order valence-electron chi connectivity index (χ4n) is 4.04. The molecule has 3 heterocycles. The van der Waals surface area contributed by atoms with Crippen LogP contribution in [-0.4, -0.2) is 31.3 Å². The molecule has 7 nitrogen and oxygen atoms in total. The van der Waals surface area contributed by atoms with Gasteiger partial charge in [0.05, 0.1) is 12.3 Å². The summed E-state index contributed by atoms with van der Waals surface area (Å²) in [5.74, 6) is 0.603. The zero-order chi connectivity index (χ0) is 23.8. The van der Waals surface area contributed by atoms with Crippen LogP contribution >= 0.6 is 12.2 Å². The molecule has 172 valence electrons. The van der Waals surface area contributed by atoms with E-state index in [1.54, 1.807) is 0 Å². The lowest BCUT2D eigenvalue weighted by molar-refractivity contribution is 0.289. The molecule has 8 heteroatoms. The molecule has 0 bridgehead atoms. The van der Waals surface area contributed by atoms with Crippen molar-refractivity contribution in [2.75, 3.05) is 6.61 Å². The van der Waals surface area contributed by atoms with Crippen molar-refractivity contribution in [3.8, 4) is 34.2 Å². The lowest BCUT2D eigenvalue weighted by atomic mass is 9.99. The van der Waals surface area contributed by atoms with Gasteiger partial charge in [0.15, 0.2) is 11.5 Å². The number of imidazole rings is 1. The van der Waals surface area contributed by atoms with Crippen LogP contribution in [0.5, 0.6) is 6.01 Å². The Morgan fingerprint density at radius 3 is 2.35 bits per heavy atom. The van der Waals surface area contributed by atoms with E-state index >= 15 is 0 Å². The Labute approximate surface area is 202 Å². The number of nitrogens with one attached hydrogen (secondary N) is 1. The number of rotatable bonds is 6. The maximum atomic E-state index is 6.03. The molecule has 2 aromatic carbocycles. The minimum absolute atomic E-state index is 0.181. The standard InChI is InChI=1S/C26H25N5O2S/c1-5-14-32-25-28-22-16(3)15(2)17(4)27-24(22)31(25)19-12-10-18(11-13-19)20-8-6-7-9-21(20)23-29-26(34)33-30-23/h6-13H,5,14H2,1-4H3,(H,29,30,34). The second kappa shape index (κ2) is 8.87. The fourth-order valence-corrected chi connectivity index (χ4v) is 4.17. The number of hydrogen-bond acceptors (Lipinski definition) is 6. The highest BCUT2D eigenvalue weighted by Gasteiger charge is 2.19. The Bertz CT molecular complexity index is 1550. The number of H-pyrrole nitrogens is 1. The molecule has 34 heavy (non-hydrogen) atoms. The molecule has 0 aliphatic carbocycles. The average molecular weight is 472 g/mol. The van der Waals surface area contributed by atoms with E-state index in [0.717, 1.165) is 56.8 Å². The molecule has 1 N–H and O–H groups in total. The summed E-state index contributed by atoms with van der Waals surface area (Å²) in [6.45, 7) is 8.86. The molecule has 0 fully saturated rings. The van der Waals surface area contributed by atoms with E-state index in [9.17, 15) is 0 Å². The molecule has 0 unspecified atom stereocenters. The summed E-state index contributed by atoms with van der Waals surface area (Å²) in [5, 5.41) is 2.80. The second-order valence-corrected chi connectivity index (χ2v) is 8.57. The van der Waals surface area contributed by atoms with Gasteiger partial charge < -0.3 is 9.26 Å². The SMILES string of the molecule is CCCOc1nc2c(C)c(C)c(C)nc2n1-c1ccc(-c2ccccc2-c2nc(=S)o[nH]2)cc1. The third kappa shape index (κ3) is 3.80. The molecule has 0 amide bonds. The van der Waals surface area contributed by atoms with Crippen LogP contribution in [0.25, 0.3) is 39.4 Å². The first-order chi connectivity index (χ1) is 16.5. The molecular weight excluding hydrogens is 446 g/mol. The van der Waals surface area contributed by atoms with E-state index in [2.05, 4.69) is 61.2 Å². The summed E-state index contributed by atoms with van der Waals surface area (Å²) in [4.78, 5) is 14.1. The van der Waals surface area contributed by atoms with E-state index in [1.807, 2.05) is 29.7 Å². The van der Waals surface area contributed by atoms with Crippen LogP contribution < -0.4 is 4.74 Å². The van der Waals surface area contributed by atoms with Crippen LogP contribution in [0, 0.1) is 25.6 Å². The van der Waals surface area contributed by atoms with Crippen molar-refractivity contribution < 1.29 is 9.26 Å². The maximum absolute atomic E-state index is 6.03. The van der Waals surface area contributed by atoms with Crippen molar-refractivity contribution in [2.45, 2.75) is 34.1 Å². The maximum Gasteiger partial charge on any atom is 0.314 e. The van der Waals surface area contributed by atoms with Gasteiger partial charge in [-0.1, -0.05) is 43.3 Å². The molecule has 0 saturated heterocycles. The lowest BCUT2D eigenvalue weighted by Gasteiger charge is -2.12. The van der Waals surface area contributed by atoms with Gasteiger partial charge in [-0.15, -0.1) is 0 Å². The average Bonchev–Trinajstić information content (AvgIpc) is 3.45. The zero-order valence-corrected chi connectivity index (χ0v) is 20.4. The summed E-state index contributed by atoms with van der Waals surface area (Å²) in [6, 6.07) is 16.8. The summed E-state index contributed by atoms with van der Waals surface area (Å²) >= 11 is 5.03. The van der Waals surface area contributed by atoms with Gasteiger partial charge in [-0.05, 0) is 73.8 Å². The summed E-state index contributed by atoms with van der Waals surface area (Å²) in [7, 11) is 0. The van der Waals surface area contributed by atoms with Crippen LogP contribution in [0.3, 0.4) is 0 Å². The smallest absolute Gasteiger partial charge is 0.314 e. The van der Waals surface area contributed by atoms with E-state index in [-0.39, 0.29) is 4.84 Å². The first-order valence-corrected chi connectivity index (χ1v) is 11.6. The molecule has 0 atom stereocenters. The van der Waals surface area contributed by atoms with Gasteiger partial charge in [0, 0.05) is 11.3 Å². The highest BCUT2D eigenvalue weighted by molar-refractivity contribution is 7.71. The fraction of sp³-hybridized carbons (Fsp3) is 0.231. The third-order valence-corrected chi connectivity index (χ3v) is 6.22. The van der Waals surface area contributed by atoms with Gasteiger partial charge in [-0.25, -0.2) is 14.7 Å². The Hall–Kier alpha value is -3.78. The predicted octanol–water partition coefficient (Wildman–Crippen LogP) is 6.51. The number of benzene rings is 2. The number of aromatic amines is 1. The van der Waals surface area contributed by atoms with Crippen molar-refractivity contribution in [3.63, 3.8) is 0 Å². The number of hydrogen-bond donors (Lipinski definition) is 1. The highest BCUT2D eigenvalue weighted by atomic mass is 32.1. The summed E-state index contributed by atoms with van der Waals surface area (Å²) in [6.07, 6.45) is 0.897. The second-order valence-electron chi connectivity index (χ2n) is 8.22. The third-order valence-electron chi connectivity index (χ3n) is 6.05. The highest BCUT2D eigenvalue weighted by Crippen LogP contribution is 2.33. The molecule has 0 saturated carbocycles. The Kier molecular flexibility index (Phi) is 5.75. The number of nitrogens with zero attached hydrogens (tertiary/aromatic N) is 4. The summed E-state index contributed by atoms with van der Waals surface area (Å²) in [5.41, 5.74) is 8.84. The predicted molar refractivity (Wildman–Crippen MR) is 135 cm³/mol. The Morgan fingerprint density at radius 2 is 1.68 bits per heavy atom. The number of fused-ring (bicyclic) bond motifs is 1. The van der Waals surface area contributed by atoms with E-state index in [4.69, 9.17) is 31.4 Å². The van der Waals surface area contributed by atoms with Gasteiger partial charge in [0.1, 0.15) is 5.52 Å². The molecule has 0 spiro atoms. The molecule has 0 aliphatic rings. The largest absolute Gasteiger partial charge is 0.464 e. The van der Waals surface area contributed by atoms with Crippen molar-refractivity contribution in [3.05, 3.63) is 70.2 Å². The number of aryl methyl sites for hydroxylation is 2. The monoisotopic (exact) mass is 471 g/mol. The molecule has 0 aliphatic heterocycles. The Balaban J connectivity index is 1.62.